The number of aryl methyl sites for hydroxylation is 1. The van der Waals surface area contributed by atoms with Crippen molar-refractivity contribution in [3.05, 3.63) is 24.1 Å². The highest BCUT2D eigenvalue weighted by Crippen LogP contribution is 2.25. The lowest BCUT2D eigenvalue weighted by Crippen LogP contribution is -2.34. The van der Waals surface area contributed by atoms with Gasteiger partial charge in [0.1, 0.15) is 5.82 Å². The van der Waals surface area contributed by atoms with Crippen LogP contribution in [-0.4, -0.2) is 39.8 Å². The number of nitrogens with zero attached hydrogens (tertiary/aromatic N) is 5. The Morgan fingerprint density at radius 3 is 2.60 bits per heavy atom. The van der Waals surface area contributed by atoms with Crippen molar-refractivity contribution in [2.45, 2.75) is 52.4 Å². The van der Waals surface area contributed by atoms with Crippen LogP contribution in [0.4, 0.5) is 5.95 Å². The quantitative estimate of drug-likeness (QED) is 0.712. The maximum atomic E-state index is 5.70. The molecule has 7 nitrogen and oxygen atoms in total. The van der Waals surface area contributed by atoms with Gasteiger partial charge in [-0.1, -0.05) is 13.8 Å². The molecule has 1 saturated heterocycles. The summed E-state index contributed by atoms with van der Waals surface area (Å²) in [4.78, 5) is 15.0. The fourth-order valence-corrected chi connectivity index (χ4v) is 3.03. The van der Waals surface area contributed by atoms with Crippen molar-refractivity contribution in [2.24, 2.45) is 5.92 Å². The van der Waals surface area contributed by atoms with Crippen molar-refractivity contribution >= 4 is 5.95 Å². The van der Waals surface area contributed by atoms with E-state index in [4.69, 9.17) is 9.26 Å². The standard InChI is InChI=1S/C18H27N5O2/c1-13(2)17-21-18(22-25-17)23-8-6-15(7-9-23)5-4-10-24-16-11-19-14(3)20-12-16/h11-13,15H,4-10H2,1-3H3. The fourth-order valence-electron chi connectivity index (χ4n) is 3.03. The maximum Gasteiger partial charge on any atom is 0.266 e. The summed E-state index contributed by atoms with van der Waals surface area (Å²) >= 11 is 0. The second-order valence-corrected chi connectivity index (χ2v) is 6.97. The molecule has 1 aliphatic heterocycles. The highest BCUT2D eigenvalue weighted by molar-refractivity contribution is 5.28. The number of rotatable bonds is 7. The van der Waals surface area contributed by atoms with Gasteiger partial charge in [-0.3, -0.25) is 0 Å². The number of piperidine rings is 1. The van der Waals surface area contributed by atoms with E-state index in [2.05, 4.69) is 38.9 Å². The molecule has 0 unspecified atom stereocenters. The molecule has 0 N–H and O–H groups in total. The first-order valence-electron chi connectivity index (χ1n) is 9.12. The molecule has 1 aliphatic rings. The fraction of sp³-hybridized carbons (Fsp3) is 0.667. The van der Waals surface area contributed by atoms with Crippen molar-refractivity contribution in [1.29, 1.82) is 0 Å². The van der Waals surface area contributed by atoms with Crippen LogP contribution in [0.5, 0.6) is 5.75 Å². The third-order valence-corrected chi connectivity index (χ3v) is 4.60. The van der Waals surface area contributed by atoms with Crippen molar-refractivity contribution in [1.82, 2.24) is 20.1 Å². The average molecular weight is 345 g/mol. The van der Waals surface area contributed by atoms with E-state index in [-0.39, 0.29) is 5.92 Å². The average Bonchev–Trinajstić information content (AvgIpc) is 3.11. The molecule has 25 heavy (non-hydrogen) atoms. The zero-order valence-electron chi connectivity index (χ0n) is 15.3. The van der Waals surface area contributed by atoms with Crippen molar-refractivity contribution < 1.29 is 9.26 Å². The van der Waals surface area contributed by atoms with Crippen LogP contribution in [0.3, 0.4) is 0 Å². The van der Waals surface area contributed by atoms with Gasteiger partial charge in [-0.25, -0.2) is 9.97 Å². The third kappa shape index (κ3) is 4.90. The van der Waals surface area contributed by atoms with E-state index in [9.17, 15) is 0 Å². The lowest BCUT2D eigenvalue weighted by atomic mass is 9.92. The molecule has 0 saturated carbocycles. The summed E-state index contributed by atoms with van der Waals surface area (Å²) in [6.07, 6.45) is 8.04. The molecule has 3 rings (SSSR count). The van der Waals surface area contributed by atoms with Gasteiger partial charge in [-0.15, -0.1) is 0 Å². The Bertz CT molecular complexity index is 648. The van der Waals surface area contributed by atoms with Gasteiger partial charge < -0.3 is 14.2 Å². The first-order chi connectivity index (χ1) is 12.1. The summed E-state index contributed by atoms with van der Waals surface area (Å²) in [7, 11) is 0. The van der Waals surface area contributed by atoms with Crippen LogP contribution in [0, 0.1) is 12.8 Å². The van der Waals surface area contributed by atoms with E-state index >= 15 is 0 Å². The van der Waals surface area contributed by atoms with Gasteiger partial charge in [0.05, 0.1) is 19.0 Å². The van der Waals surface area contributed by atoms with E-state index in [1.807, 2.05) is 6.92 Å². The third-order valence-electron chi connectivity index (χ3n) is 4.60. The van der Waals surface area contributed by atoms with Crippen LogP contribution in [0.15, 0.2) is 16.9 Å². The van der Waals surface area contributed by atoms with Crippen molar-refractivity contribution in [3.63, 3.8) is 0 Å². The number of anilines is 1. The Morgan fingerprint density at radius 2 is 1.96 bits per heavy atom. The van der Waals surface area contributed by atoms with Gasteiger partial charge in [0.25, 0.3) is 5.95 Å². The summed E-state index contributed by atoms with van der Waals surface area (Å²) in [5, 5.41) is 4.11. The highest BCUT2D eigenvalue weighted by Gasteiger charge is 2.23. The Balaban J connectivity index is 1.35. The Hall–Kier alpha value is -2.18. The monoisotopic (exact) mass is 345 g/mol. The van der Waals surface area contributed by atoms with E-state index in [0.717, 1.165) is 49.6 Å². The predicted molar refractivity (Wildman–Crippen MR) is 94.8 cm³/mol. The molecule has 2 aromatic heterocycles. The smallest absolute Gasteiger partial charge is 0.266 e. The topological polar surface area (TPSA) is 77.2 Å². The summed E-state index contributed by atoms with van der Waals surface area (Å²) in [6, 6.07) is 0. The van der Waals surface area contributed by atoms with Gasteiger partial charge >= 0.3 is 0 Å². The molecule has 136 valence electrons. The zero-order valence-corrected chi connectivity index (χ0v) is 15.3. The first-order valence-corrected chi connectivity index (χ1v) is 9.12. The Morgan fingerprint density at radius 1 is 1.24 bits per heavy atom. The minimum Gasteiger partial charge on any atom is -0.490 e. The highest BCUT2D eigenvalue weighted by atomic mass is 16.5. The number of hydrogen-bond donors (Lipinski definition) is 0. The van der Waals surface area contributed by atoms with Crippen LogP contribution in [0.1, 0.15) is 57.2 Å². The van der Waals surface area contributed by atoms with Gasteiger partial charge in [0.2, 0.25) is 5.89 Å². The van der Waals surface area contributed by atoms with Crippen molar-refractivity contribution in [2.75, 3.05) is 24.6 Å². The van der Waals surface area contributed by atoms with Crippen LogP contribution in [0.2, 0.25) is 0 Å². The van der Waals surface area contributed by atoms with Gasteiger partial charge in [-0.05, 0) is 43.7 Å². The Labute approximate surface area is 148 Å². The molecular formula is C18H27N5O2. The summed E-state index contributed by atoms with van der Waals surface area (Å²) in [5.41, 5.74) is 0. The van der Waals surface area contributed by atoms with E-state index in [1.165, 1.54) is 19.3 Å². The molecular weight excluding hydrogens is 318 g/mol. The van der Waals surface area contributed by atoms with Gasteiger partial charge in [0, 0.05) is 19.0 Å². The lowest BCUT2D eigenvalue weighted by molar-refractivity contribution is 0.277. The summed E-state index contributed by atoms with van der Waals surface area (Å²) < 4.78 is 11.0. The molecule has 0 aliphatic carbocycles. The zero-order chi connectivity index (χ0) is 17.6. The first kappa shape index (κ1) is 17.6. The molecule has 7 heteroatoms. The molecule has 0 atom stereocenters. The number of ether oxygens (including phenoxy) is 1. The minimum absolute atomic E-state index is 0.276. The maximum absolute atomic E-state index is 5.70. The van der Waals surface area contributed by atoms with Crippen LogP contribution in [0.25, 0.3) is 0 Å². The largest absolute Gasteiger partial charge is 0.490 e. The normalized spacial score (nSPS) is 15.8. The number of hydrogen-bond acceptors (Lipinski definition) is 7. The van der Waals surface area contributed by atoms with Crippen molar-refractivity contribution in [3.8, 4) is 5.75 Å². The lowest BCUT2D eigenvalue weighted by Gasteiger charge is -2.30. The molecule has 0 radical (unpaired) electrons. The molecule has 0 bridgehead atoms. The second kappa shape index (κ2) is 8.27. The Kier molecular flexibility index (Phi) is 5.83. The van der Waals surface area contributed by atoms with E-state index in [0.29, 0.717) is 5.89 Å². The molecule has 3 heterocycles. The summed E-state index contributed by atoms with van der Waals surface area (Å²) in [5.74, 6) is 3.99. The van der Waals surface area contributed by atoms with Crippen LogP contribution < -0.4 is 9.64 Å². The molecule has 0 spiro atoms. The predicted octanol–water partition coefficient (Wildman–Crippen LogP) is 3.37. The summed E-state index contributed by atoms with van der Waals surface area (Å²) in [6.45, 7) is 8.70. The van der Waals surface area contributed by atoms with E-state index in [1.54, 1.807) is 12.4 Å². The molecule has 0 amide bonds. The second-order valence-electron chi connectivity index (χ2n) is 6.97. The SMILES string of the molecule is Cc1ncc(OCCCC2CCN(c3noc(C(C)C)n3)CC2)cn1. The number of aromatic nitrogens is 4. The van der Waals surface area contributed by atoms with Crippen LogP contribution in [-0.2, 0) is 0 Å². The minimum atomic E-state index is 0.276. The molecule has 0 aromatic carbocycles. The van der Waals surface area contributed by atoms with Gasteiger partial charge in [0.15, 0.2) is 5.75 Å². The van der Waals surface area contributed by atoms with Crippen LogP contribution >= 0.6 is 0 Å². The van der Waals surface area contributed by atoms with E-state index < -0.39 is 0 Å². The molecule has 1 fully saturated rings. The molecule has 2 aromatic rings. The van der Waals surface area contributed by atoms with Gasteiger partial charge in [-0.2, -0.15) is 4.98 Å².